The second-order valence-corrected chi connectivity index (χ2v) is 5.93. The third-order valence-electron chi connectivity index (χ3n) is 3.75. The third-order valence-corrected chi connectivity index (χ3v) is 3.99. The molecule has 7 nitrogen and oxygen atoms in total. The van der Waals surface area contributed by atoms with Crippen molar-refractivity contribution in [1.82, 2.24) is 10.2 Å². The quantitative estimate of drug-likeness (QED) is 0.496. The molecule has 26 heavy (non-hydrogen) atoms. The number of phenols is 1. The summed E-state index contributed by atoms with van der Waals surface area (Å²) in [5.74, 6) is 1.39. The lowest BCUT2D eigenvalue weighted by Gasteiger charge is -2.13. The van der Waals surface area contributed by atoms with E-state index in [4.69, 9.17) is 21.1 Å². The van der Waals surface area contributed by atoms with E-state index in [1.807, 2.05) is 24.3 Å². The summed E-state index contributed by atoms with van der Waals surface area (Å²) >= 11 is 6.01. The van der Waals surface area contributed by atoms with E-state index in [9.17, 15) is 5.11 Å². The molecule has 0 aliphatic heterocycles. The molecule has 4 N–H and O–H groups in total. The molecule has 0 atom stereocenters. The number of nitrogens with one attached hydrogen (secondary N) is 3. The minimum Gasteiger partial charge on any atom is -0.502 e. The first-order valence-corrected chi connectivity index (χ1v) is 8.22. The summed E-state index contributed by atoms with van der Waals surface area (Å²) in [5, 5.41) is 24.1. The van der Waals surface area contributed by atoms with Gasteiger partial charge in [0.2, 0.25) is 5.75 Å². The van der Waals surface area contributed by atoms with E-state index in [2.05, 4.69) is 20.8 Å². The van der Waals surface area contributed by atoms with Crippen molar-refractivity contribution in [2.24, 2.45) is 0 Å². The molecule has 0 radical (unpaired) electrons. The highest BCUT2D eigenvalue weighted by Gasteiger charge is 2.12. The molecule has 1 heterocycles. The van der Waals surface area contributed by atoms with Crippen LogP contribution >= 0.6 is 11.6 Å². The summed E-state index contributed by atoms with van der Waals surface area (Å²) in [6, 6.07) is 10.9. The lowest BCUT2D eigenvalue weighted by Crippen LogP contribution is -2.03. The highest BCUT2D eigenvalue weighted by molar-refractivity contribution is 6.30. The molecule has 0 fully saturated rings. The van der Waals surface area contributed by atoms with Crippen molar-refractivity contribution in [3.63, 3.8) is 0 Å². The molecule has 0 aliphatic carbocycles. The Morgan fingerprint density at radius 2 is 1.88 bits per heavy atom. The number of nitrogens with zero attached hydrogens (tertiary/aromatic N) is 1. The second-order valence-electron chi connectivity index (χ2n) is 5.50. The summed E-state index contributed by atoms with van der Waals surface area (Å²) < 4.78 is 10.4. The number of hydrogen-bond donors (Lipinski definition) is 4. The predicted molar refractivity (Wildman–Crippen MR) is 102 cm³/mol. The Labute approximate surface area is 155 Å². The number of aromatic amines is 1. The van der Waals surface area contributed by atoms with Crippen LogP contribution in [0.25, 0.3) is 0 Å². The highest BCUT2D eigenvalue weighted by Crippen LogP contribution is 2.37. The maximum absolute atomic E-state index is 9.99. The number of benzene rings is 2. The molecule has 0 amide bonds. The lowest BCUT2D eigenvalue weighted by atomic mass is 10.2. The van der Waals surface area contributed by atoms with Crippen molar-refractivity contribution < 1.29 is 14.6 Å². The zero-order valence-electron chi connectivity index (χ0n) is 14.3. The van der Waals surface area contributed by atoms with Gasteiger partial charge in [0.1, 0.15) is 11.5 Å². The smallest absolute Gasteiger partial charge is 0.200 e. The number of H-pyrrole nitrogens is 1. The molecule has 0 aliphatic rings. The van der Waals surface area contributed by atoms with Gasteiger partial charge in [0, 0.05) is 17.3 Å². The van der Waals surface area contributed by atoms with E-state index in [1.165, 1.54) is 14.2 Å². The number of hydrogen-bond acceptors (Lipinski definition) is 6. The average Bonchev–Trinajstić information content (AvgIpc) is 3.07. The highest BCUT2D eigenvalue weighted by atomic mass is 35.5. The molecule has 136 valence electrons. The van der Waals surface area contributed by atoms with Gasteiger partial charge in [0.25, 0.3) is 0 Å². The molecule has 0 spiro atoms. The predicted octanol–water partition coefficient (Wildman–Crippen LogP) is 4.14. The Bertz CT molecular complexity index is 873. The van der Waals surface area contributed by atoms with Crippen LogP contribution in [0.4, 0.5) is 17.2 Å². The zero-order chi connectivity index (χ0) is 18.5. The number of methoxy groups -OCH3 is 2. The number of aromatic hydroxyl groups is 1. The second kappa shape index (κ2) is 7.88. The van der Waals surface area contributed by atoms with Gasteiger partial charge < -0.3 is 25.2 Å². The fourth-order valence-electron chi connectivity index (χ4n) is 2.48. The van der Waals surface area contributed by atoms with E-state index in [0.29, 0.717) is 23.1 Å². The van der Waals surface area contributed by atoms with Gasteiger partial charge in [-0.3, -0.25) is 5.10 Å². The Morgan fingerprint density at radius 3 is 2.54 bits per heavy atom. The number of halogens is 1. The fraction of sp³-hybridized carbons (Fsp3) is 0.167. The van der Waals surface area contributed by atoms with Crippen LogP contribution in [0.2, 0.25) is 5.02 Å². The minimum absolute atomic E-state index is 0.0244. The molecule has 3 rings (SSSR count). The van der Waals surface area contributed by atoms with Crippen LogP contribution in [-0.2, 0) is 6.54 Å². The molecule has 2 aromatic carbocycles. The van der Waals surface area contributed by atoms with Gasteiger partial charge in [-0.05, 0) is 35.9 Å². The van der Waals surface area contributed by atoms with Crippen LogP contribution in [0.15, 0.2) is 42.6 Å². The van der Waals surface area contributed by atoms with Crippen LogP contribution in [0.5, 0.6) is 17.2 Å². The van der Waals surface area contributed by atoms with Crippen LogP contribution < -0.4 is 20.1 Å². The third kappa shape index (κ3) is 3.94. The normalized spacial score (nSPS) is 10.4. The number of aromatic nitrogens is 2. The SMILES string of the molecule is COc1cc(CNc2[nH]ncc2Nc2cccc(Cl)c2)cc(OC)c1O. The summed E-state index contributed by atoms with van der Waals surface area (Å²) in [4.78, 5) is 0. The van der Waals surface area contributed by atoms with Gasteiger partial charge in [0.15, 0.2) is 11.5 Å². The molecular formula is C18H19ClN4O3. The van der Waals surface area contributed by atoms with Crippen molar-refractivity contribution >= 4 is 28.8 Å². The molecule has 0 unspecified atom stereocenters. The average molecular weight is 375 g/mol. The first-order chi connectivity index (χ1) is 12.6. The van der Waals surface area contributed by atoms with Gasteiger partial charge in [-0.25, -0.2) is 0 Å². The molecule has 8 heteroatoms. The first-order valence-electron chi connectivity index (χ1n) is 7.84. The number of rotatable bonds is 7. The minimum atomic E-state index is -0.0244. The van der Waals surface area contributed by atoms with Gasteiger partial charge in [-0.15, -0.1) is 0 Å². The standard InChI is InChI=1S/C18H19ClN4O3/c1-25-15-6-11(7-16(26-2)17(15)24)9-20-18-14(10-21-23-18)22-13-5-3-4-12(19)8-13/h3-8,10,22,24H,9H2,1-2H3,(H2,20,21,23). The van der Waals surface area contributed by atoms with Crippen molar-refractivity contribution in [3.8, 4) is 17.2 Å². The molecule has 1 aromatic heterocycles. The largest absolute Gasteiger partial charge is 0.502 e. The Kier molecular flexibility index (Phi) is 5.38. The van der Waals surface area contributed by atoms with Crippen molar-refractivity contribution in [1.29, 1.82) is 0 Å². The molecule has 0 saturated carbocycles. The van der Waals surface area contributed by atoms with Crippen molar-refractivity contribution in [2.45, 2.75) is 6.54 Å². The summed E-state index contributed by atoms with van der Waals surface area (Å²) in [6.07, 6.45) is 1.68. The summed E-state index contributed by atoms with van der Waals surface area (Å²) in [5.41, 5.74) is 2.51. The molecule has 3 aromatic rings. The van der Waals surface area contributed by atoms with E-state index in [0.717, 1.165) is 22.8 Å². The first kappa shape index (κ1) is 17.8. The van der Waals surface area contributed by atoms with Crippen LogP contribution in [0, 0.1) is 0 Å². The number of anilines is 3. The Morgan fingerprint density at radius 1 is 1.15 bits per heavy atom. The van der Waals surface area contributed by atoms with Gasteiger partial charge in [0.05, 0.1) is 20.4 Å². The molecular weight excluding hydrogens is 356 g/mol. The summed E-state index contributed by atoms with van der Waals surface area (Å²) in [6.45, 7) is 0.472. The molecule has 0 bridgehead atoms. The van der Waals surface area contributed by atoms with Gasteiger partial charge in [-0.2, -0.15) is 5.10 Å². The van der Waals surface area contributed by atoms with E-state index >= 15 is 0 Å². The lowest BCUT2D eigenvalue weighted by molar-refractivity contribution is 0.339. The van der Waals surface area contributed by atoms with Gasteiger partial charge in [-0.1, -0.05) is 17.7 Å². The fourth-order valence-corrected chi connectivity index (χ4v) is 2.67. The maximum Gasteiger partial charge on any atom is 0.200 e. The monoisotopic (exact) mass is 374 g/mol. The van der Waals surface area contributed by atoms with Crippen molar-refractivity contribution in [3.05, 3.63) is 53.2 Å². The van der Waals surface area contributed by atoms with E-state index in [-0.39, 0.29) is 5.75 Å². The van der Waals surface area contributed by atoms with E-state index < -0.39 is 0 Å². The Hall–Kier alpha value is -3.06. The topological polar surface area (TPSA) is 91.4 Å². The van der Waals surface area contributed by atoms with Crippen molar-refractivity contribution in [2.75, 3.05) is 24.9 Å². The van der Waals surface area contributed by atoms with Crippen LogP contribution in [-0.4, -0.2) is 29.5 Å². The van der Waals surface area contributed by atoms with Crippen LogP contribution in [0.1, 0.15) is 5.56 Å². The number of phenolic OH excluding ortho intramolecular Hbond substituents is 1. The maximum atomic E-state index is 9.99. The number of ether oxygens (including phenoxy) is 2. The van der Waals surface area contributed by atoms with Crippen LogP contribution in [0.3, 0.4) is 0 Å². The van der Waals surface area contributed by atoms with Gasteiger partial charge >= 0.3 is 0 Å². The zero-order valence-corrected chi connectivity index (χ0v) is 15.1. The molecule has 0 saturated heterocycles. The summed E-state index contributed by atoms with van der Waals surface area (Å²) in [7, 11) is 2.99. The van der Waals surface area contributed by atoms with E-state index in [1.54, 1.807) is 18.3 Å². The Balaban J connectivity index is 1.74.